The molecule has 146 valence electrons. The van der Waals surface area contributed by atoms with Crippen molar-refractivity contribution in [3.05, 3.63) is 24.3 Å². The molecule has 1 unspecified atom stereocenters. The van der Waals surface area contributed by atoms with Gasteiger partial charge in [-0.2, -0.15) is 0 Å². The van der Waals surface area contributed by atoms with Gasteiger partial charge in [0, 0.05) is 12.1 Å². The van der Waals surface area contributed by atoms with Gasteiger partial charge in [0.25, 0.3) is 5.91 Å². The van der Waals surface area contributed by atoms with Gasteiger partial charge in [-0.05, 0) is 31.9 Å². The van der Waals surface area contributed by atoms with Crippen molar-refractivity contribution in [1.82, 2.24) is 5.32 Å². The van der Waals surface area contributed by atoms with Gasteiger partial charge >= 0.3 is 0 Å². The standard InChI is InChI=1S/C22H35NO3/c1-18(26-21-16-12-15-20(17-21)25-2)22(24)23-19-13-10-8-6-4-3-5-7-9-11-14-19/h12,15-19H,3-11,13-14H2,1-2H3,(H,23,24). The Kier molecular flexibility index (Phi) is 9.36. The van der Waals surface area contributed by atoms with Gasteiger partial charge in [-0.25, -0.2) is 0 Å². The minimum Gasteiger partial charge on any atom is -0.497 e. The quantitative estimate of drug-likeness (QED) is 0.779. The zero-order valence-electron chi connectivity index (χ0n) is 16.5. The number of amides is 1. The summed E-state index contributed by atoms with van der Waals surface area (Å²) in [5.74, 6) is 1.37. The summed E-state index contributed by atoms with van der Waals surface area (Å²) in [5, 5.41) is 3.22. The summed E-state index contributed by atoms with van der Waals surface area (Å²) in [4.78, 5) is 12.6. The fourth-order valence-electron chi connectivity index (χ4n) is 3.56. The van der Waals surface area contributed by atoms with Crippen molar-refractivity contribution in [1.29, 1.82) is 0 Å². The minimum atomic E-state index is -0.511. The van der Waals surface area contributed by atoms with E-state index in [4.69, 9.17) is 9.47 Å². The van der Waals surface area contributed by atoms with E-state index in [0.29, 0.717) is 5.75 Å². The molecule has 0 aliphatic heterocycles. The Bertz CT molecular complexity index is 520. The van der Waals surface area contributed by atoms with Crippen LogP contribution in [-0.4, -0.2) is 25.2 Å². The average Bonchev–Trinajstić information content (AvgIpc) is 2.64. The van der Waals surface area contributed by atoms with Crippen LogP contribution in [0.5, 0.6) is 11.5 Å². The zero-order chi connectivity index (χ0) is 18.6. The maximum atomic E-state index is 12.6. The van der Waals surface area contributed by atoms with Gasteiger partial charge < -0.3 is 14.8 Å². The third kappa shape index (κ3) is 7.67. The van der Waals surface area contributed by atoms with Crippen molar-refractivity contribution < 1.29 is 14.3 Å². The van der Waals surface area contributed by atoms with Crippen molar-refractivity contribution in [2.75, 3.05) is 7.11 Å². The molecule has 0 aromatic heterocycles. The molecule has 1 atom stereocenters. The van der Waals surface area contributed by atoms with Crippen LogP contribution >= 0.6 is 0 Å². The smallest absolute Gasteiger partial charge is 0.260 e. The van der Waals surface area contributed by atoms with Crippen molar-refractivity contribution >= 4 is 5.91 Å². The first-order valence-electron chi connectivity index (χ1n) is 10.3. The van der Waals surface area contributed by atoms with E-state index in [1.807, 2.05) is 25.1 Å². The van der Waals surface area contributed by atoms with E-state index in [-0.39, 0.29) is 11.9 Å². The molecule has 1 aliphatic carbocycles. The highest BCUT2D eigenvalue weighted by molar-refractivity contribution is 5.81. The molecule has 0 heterocycles. The Labute approximate surface area is 158 Å². The molecule has 1 fully saturated rings. The second-order valence-electron chi connectivity index (χ2n) is 7.40. The van der Waals surface area contributed by atoms with E-state index >= 15 is 0 Å². The molecular formula is C22H35NO3. The molecular weight excluding hydrogens is 326 g/mol. The number of methoxy groups -OCH3 is 1. The van der Waals surface area contributed by atoms with Crippen molar-refractivity contribution in [2.45, 2.75) is 89.7 Å². The maximum Gasteiger partial charge on any atom is 0.260 e. The minimum absolute atomic E-state index is 0.0232. The normalized spacial score (nSPS) is 18.8. The lowest BCUT2D eigenvalue weighted by molar-refractivity contribution is -0.128. The zero-order valence-corrected chi connectivity index (χ0v) is 16.5. The van der Waals surface area contributed by atoms with Crippen LogP contribution in [0.1, 0.15) is 77.6 Å². The molecule has 0 spiro atoms. The molecule has 1 saturated carbocycles. The van der Waals surface area contributed by atoms with Gasteiger partial charge in [0.05, 0.1) is 7.11 Å². The monoisotopic (exact) mass is 361 g/mol. The summed E-state index contributed by atoms with van der Waals surface area (Å²) in [6.07, 6.45) is 13.4. The van der Waals surface area contributed by atoms with E-state index in [0.717, 1.165) is 18.6 Å². The first-order valence-corrected chi connectivity index (χ1v) is 10.3. The van der Waals surface area contributed by atoms with Gasteiger partial charge in [-0.3, -0.25) is 4.79 Å². The summed E-state index contributed by atoms with van der Waals surface area (Å²) in [5.41, 5.74) is 0. The third-order valence-electron chi connectivity index (χ3n) is 5.17. The van der Waals surface area contributed by atoms with Gasteiger partial charge in [0.1, 0.15) is 11.5 Å². The van der Waals surface area contributed by atoms with Gasteiger partial charge in [0.2, 0.25) is 0 Å². The van der Waals surface area contributed by atoms with Crippen molar-refractivity contribution in [3.8, 4) is 11.5 Å². The summed E-state index contributed by atoms with van der Waals surface area (Å²) >= 11 is 0. The summed E-state index contributed by atoms with van der Waals surface area (Å²) < 4.78 is 11.0. The Balaban J connectivity index is 1.83. The molecule has 1 aromatic carbocycles. The largest absolute Gasteiger partial charge is 0.497 e. The first-order chi connectivity index (χ1) is 12.7. The van der Waals surface area contributed by atoms with E-state index in [9.17, 15) is 4.79 Å². The van der Waals surface area contributed by atoms with Crippen LogP contribution in [0.4, 0.5) is 0 Å². The number of hydrogen-bond donors (Lipinski definition) is 1. The molecule has 0 bridgehead atoms. The summed E-state index contributed by atoms with van der Waals surface area (Å²) in [6, 6.07) is 7.66. The van der Waals surface area contributed by atoms with Crippen LogP contribution < -0.4 is 14.8 Å². The van der Waals surface area contributed by atoms with Crippen molar-refractivity contribution in [2.24, 2.45) is 0 Å². The molecule has 1 aromatic rings. The maximum absolute atomic E-state index is 12.6. The molecule has 0 saturated heterocycles. The predicted molar refractivity (Wildman–Crippen MR) is 106 cm³/mol. The van der Waals surface area contributed by atoms with Crippen LogP contribution in [0.3, 0.4) is 0 Å². The topological polar surface area (TPSA) is 47.6 Å². The Hall–Kier alpha value is -1.71. The second-order valence-corrected chi connectivity index (χ2v) is 7.40. The van der Waals surface area contributed by atoms with Crippen LogP contribution in [-0.2, 0) is 4.79 Å². The number of carbonyl (C=O) groups is 1. The SMILES string of the molecule is COc1cccc(OC(C)C(=O)NC2CCCCCCCCCCC2)c1. The fraction of sp³-hybridized carbons (Fsp3) is 0.682. The molecule has 1 amide bonds. The van der Waals surface area contributed by atoms with Crippen molar-refractivity contribution in [3.63, 3.8) is 0 Å². The molecule has 2 rings (SSSR count). The molecule has 1 aliphatic rings. The Morgan fingerprint density at radius 1 is 0.962 bits per heavy atom. The summed E-state index contributed by atoms with van der Waals surface area (Å²) in [6.45, 7) is 1.81. The van der Waals surface area contributed by atoms with E-state index in [1.165, 1.54) is 57.8 Å². The summed E-state index contributed by atoms with van der Waals surface area (Å²) in [7, 11) is 1.62. The molecule has 4 heteroatoms. The second kappa shape index (κ2) is 11.8. The molecule has 4 nitrogen and oxygen atoms in total. The van der Waals surface area contributed by atoms with Crippen LogP contribution in [0.2, 0.25) is 0 Å². The number of carbonyl (C=O) groups excluding carboxylic acids is 1. The molecule has 26 heavy (non-hydrogen) atoms. The van der Waals surface area contributed by atoms with E-state index in [2.05, 4.69) is 5.32 Å². The number of rotatable bonds is 5. The van der Waals surface area contributed by atoms with Gasteiger partial charge in [-0.15, -0.1) is 0 Å². The lowest BCUT2D eigenvalue weighted by atomic mass is 9.98. The van der Waals surface area contributed by atoms with E-state index in [1.54, 1.807) is 13.2 Å². The predicted octanol–water partition coefficient (Wildman–Crippen LogP) is 5.25. The van der Waals surface area contributed by atoms with Crippen LogP contribution in [0.15, 0.2) is 24.3 Å². The fourth-order valence-corrected chi connectivity index (χ4v) is 3.56. The number of benzene rings is 1. The lowest BCUT2D eigenvalue weighted by Crippen LogP contribution is -2.42. The molecule has 1 N–H and O–H groups in total. The average molecular weight is 362 g/mol. The van der Waals surface area contributed by atoms with Crippen LogP contribution in [0.25, 0.3) is 0 Å². The Morgan fingerprint density at radius 3 is 2.08 bits per heavy atom. The lowest BCUT2D eigenvalue weighted by Gasteiger charge is -2.22. The van der Waals surface area contributed by atoms with Gasteiger partial charge in [-0.1, -0.05) is 63.9 Å². The number of hydrogen-bond acceptors (Lipinski definition) is 3. The highest BCUT2D eigenvalue weighted by Gasteiger charge is 2.19. The first kappa shape index (κ1) is 20.6. The Morgan fingerprint density at radius 2 is 1.50 bits per heavy atom. The third-order valence-corrected chi connectivity index (χ3v) is 5.17. The van der Waals surface area contributed by atoms with Gasteiger partial charge in [0.15, 0.2) is 6.10 Å². The highest BCUT2D eigenvalue weighted by atomic mass is 16.5. The number of nitrogens with one attached hydrogen (secondary N) is 1. The molecule has 0 radical (unpaired) electrons. The number of ether oxygens (including phenoxy) is 2. The highest BCUT2D eigenvalue weighted by Crippen LogP contribution is 2.21. The van der Waals surface area contributed by atoms with E-state index < -0.39 is 6.10 Å². The van der Waals surface area contributed by atoms with Crippen LogP contribution in [0, 0.1) is 0 Å².